The number of carbonyl (C=O) groups excluding carboxylic acids is 1. The Labute approximate surface area is 220 Å². The van der Waals surface area contributed by atoms with Crippen LogP contribution in [-0.2, 0) is 24.6 Å². The number of aromatic nitrogens is 2. The summed E-state index contributed by atoms with van der Waals surface area (Å²) in [6.45, 7) is 5.04. The molecule has 2 aromatic carbocycles. The zero-order valence-electron chi connectivity index (χ0n) is 21.0. The molecular formula is C27H31F2N3O4S. The van der Waals surface area contributed by atoms with Gasteiger partial charge in [0.2, 0.25) is 5.91 Å². The van der Waals surface area contributed by atoms with Crippen molar-refractivity contribution in [3.05, 3.63) is 70.8 Å². The van der Waals surface area contributed by atoms with Crippen LogP contribution in [0.2, 0.25) is 0 Å². The van der Waals surface area contributed by atoms with E-state index in [1.807, 2.05) is 13.8 Å². The van der Waals surface area contributed by atoms with Crippen molar-refractivity contribution in [2.75, 3.05) is 6.61 Å². The van der Waals surface area contributed by atoms with Crippen molar-refractivity contribution >= 4 is 24.5 Å². The van der Waals surface area contributed by atoms with E-state index in [1.54, 1.807) is 37.3 Å². The topological polar surface area (TPSA) is 93.5 Å². The monoisotopic (exact) mass is 531 g/mol. The molecule has 0 aliphatic carbocycles. The molecule has 2 N–H and O–H groups in total. The van der Waals surface area contributed by atoms with Crippen LogP contribution in [0.15, 0.2) is 42.5 Å². The molecule has 0 saturated carbocycles. The van der Waals surface area contributed by atoms with Crippen molar-refractivity contribution in [1.82, 2.24) is 14.9 Å². The third-order valence-electron chi connectivity index (χ3n) is 5.80. The van der Waals surface area contributed by atoms with Crippen LogP contribution in [-0.4, -0.2) is 38.4 Å². The van der Waals surface area contributed by atoms with Gasteiger partial charge in [-0.2, -0.15) is 17.6 Å². The first-order valence-corrected chi connectivity index (χ1v) is 12.5. The molecule has 10 heteroatoms. The summed E-state index contributed by atoms with van der Waals surface area (Å²) in [5.41, 5.74) is 1.59. The molecule has 198 valence electrons. The minimum absolute atomic E-state index is 0.0288. The standard InChI is InChI=1S/C27H31F2N3O4S/c1-4-36-27-31-22(13-28)23(14-30-25(33)24(37)11-16(2)3)32(27)15-18-10-9-17(12-21(18)29)19-7-5-6-8-20(19)26(34)35/h5-10,12,16,24,37H,4,11,13-15H2,1-3H3,(H,30,33)(H,34,35). The highest BCUT2D eigenvalue weighted by Crippen LogP contribution is 2.28. The number of hydrogen-bond acceptors (Lipinski definition) is 5. The minimum atomic E-state index is -1.11. The molecule has 3 rings (SSSR count). The van der Waals surface area contributed by atoms with Crippen LogP contribution in [0.1, 0.15) is 54.5 Å². The molecule has 7 nitrogen and oxygen atoms in total. The molecule has 1 amide bonds. The molecule has 0 aliphatic rings. The van der Waals surface area contributed by atoms with E-state index in [-0.39, 0.29) is 54.4 Å². The molecule has 1 aromatic heterocycles. The average Bonchev–Trinajstić information content (AvgIpc) is 3.19. The van der Waals surface area contributed by atoms with Crippen LogP contribution in [0.25, 0.3) is 11.1 Å². The number of carboxylic acids is 1. The number of aromatic carboxylic acids is 1. The van der Waals surface area contributed by atoms with Gasteiger partial charge in [0.1, 0.15) is 12.5 Å². The number of nitrogens with zero attached hydrogens (tertiary/aromatic N) is 2. The fourth-order valence-electron chi connectivity index (χ4n) is 4.00. The SMILES string of the molecule is CCOc1nc(CF)c(CNC(=O)C(S)CC(C)C)n1Cc1ccc(-c2ccccc2C(=O)O)cc1F. The molecule has 0 bridgehead atoms. The second-order valence-electron chi connectivity index (χ2n) is 8.96. The number of hydrogen-bond donors (Lipinski definition) is 3. The van der Waals surface area contributed by atoms with Gasteiger partial charge < -0.3 is 15.2 Å². The molecule has 3 aromatic rings. The summed E-state index contributed by atoms with van der Waals surface area (Å²) in [7, 11) is 0. The summed E-state index contributed by atoms with van der Waals surface area (Å²) >= 11 is 4.36. The predicted molar refractivity (Wildman–Crippen MR) is 140 cm³/mol. The number of alkyl halides is 1. The van der Waals surface area contributed by atoms with Crippen LogP contribution in [0.4, 0.5) is 8.78 Å². The highest BCUT2D eigenvalue weighted by molar-refractivity contribution is 7.81. The number of carbonyl (C=O) groups is 2. The van der Waals surface area contributed by atoms with Gasteiger partial charge >= 0.3 is 5.97 Å². The molecular weight excluding hydrogens is 500 g/mol. The number of amides is 1. The van der Waals surface area contributed by atoms with E-state index < -0.39 is 23.7 Å². The number of benzene rings is 2. The maximum absolute atomic E-state index is 15.3. The van der Waals surface area contributed by atoms with E-state index >= 15 is 4.39 Å². The van der Waals surface area contributed by atoms with E-state index in [1.165, 1.54) is 16.7 Å². The summed E-state index contributed by atoms with van der Waals surface area (Å²) in [6, 6.07) is 10.9. The fourth-order valence-corrected chi connectivity index (χ4v) is 4.51. The number of ether oxygens (including phenoxy) is 1. The second-order valence-corrected chi connectivity index (χ2v) is 9.58. The van der Waals surface area contributed by atoms with E-state index in [2.05, 4.69) is 22.9 Å². The molecule has 0 radical (unpaired) electrons. The Hall–Kier alpha value is -3.40. The quantitative estimate of drug-likeness (QED) is 0.277. The second kappa shape index (κ2) is 12.7. The van der Waals surface area contributed by atoms with Crippen molar-refractivity contribution in [2.24, 2.45) is 5.92 Å². The molecule has 37 heavy (non-hydrogen) atoms. The van der Waals surface area contributed by atoms with Gasteiger partial charge in [-0.25, -0.2) is 13.6 Å². The van der Waals surface area contributed by atoms with Gasteiger partial charge in [0, 0.05) is 5.56 Å². The first-order chi connectivity index (χ1) is 17.7. The summed E-state index contributed by atoms with van der Waals surface area (Å²) in [5.74, 6) is -1.70. The maximum Gasteiger partial charge on any atom is 0.336 e. The lowest BCUT2D eigenvalue weighted by molar-refractivity contribution is -0.121. The predicted octanol–water partition coefficient (Wildman–Crippen LogP) is 5.26. The van der Waals surface area contributed by atoms with Crippen LogP contribution in [0.5, 0.6) is 6.01 Å². The maximum atomic E-state index is 15.3. The Kier molecular flexibility index (Phi) is 9.68. The lowest BCUT2D eigenvalue weighted by Gasteiger charge is -2.16. The average molecular weight is 532 g/mol. The highest BCUT2D eigenvalue weighted by atomic mass is 32.1. The van der Waals surface area contributed by atoms with E-state index in [4.69, 9.17) is 4.74 Å². The first kappa shape index (κ1) is 28.2. The zero-order valence-corrected chi connectivity index (χ0v) is 21.9. The van der Waals surface area contributed by atoms with Gasteiger partial charge in [-0.05, 0) is 42.5 Å². The Morgan fingerprint density at radius 1 is 1.22 bits per heavy atom. The number of rotatable bonds is 12. The van der Waals surface area contributed by atoms with Crippen molar-refractivity contribution in [2.45, 2.75) is 52.2 Å². The third kappa shape index (κ3) is 6.88. The summed E-state index contributed by atoms with van der Waals surface area (Å²) in [4.78, 5) is 28.3. The van der Waals surface area contributed by atoms with Gasteiger partial charge in [-0.1, -0.05) is 44.2 Å². The highest BCUT2D eigenvalue weighted by Gasteiger charge is 2.22. The molecule has 0 fully saturated rings. The van der Waals surface area contributed by atoms with Crippen molar-refractivity contribution in [3.63, 3.8) is 0 Å². The summed E-state index contributed by atoms with van der Waals surface area (Å²) < 4.78 is 36.2. The van der Waals surface area contributed by atoms with Crippen molar-refractivity contribution in [3.8, 4) is 17.1 Å². The van der Waals surface area contributed by atoms with Crippen LogP contribution in [0.3, 0.4) is 0 Å². The molecule has 0 saturated heterocycles. The Bertz CT molecular complexity index is 1260. The number of thiol groups is 1. The number of carboxylic acid groups (broad SMARTS) is 1. The third-order valence-corrected chi connectivity index (χ3v) is 6.24. The lowest BCUT2D eigenvalue weighted by Crippen LogP contribution is -2.32. The van der Waals surface area contributed by atoms with Gasteiger partial charge in [-0.3, -0.25) is 9.36 Å². The Morgan fingerprint density at radius 3 is 2.57 bits per heavy atom. The molecule has 1 atom stereocenters. The van der Waals surface area contributed by atoms with Crippen molar-refractivity contribution < 1.29 is 28.2 Å². The van der Waals surface area contributed by atoms with Gasteiger partial charge in [0.05, 0.1) is 41.9 Å². The zero-order chi connectivity index (χ0) is 27.1. The van der Waals surface area contributed by atoms with E-state index in [9.17, 15) is 19.1 Å². The summed E-state index contributed by atoms with van der Waals surface area (Å²) in [5, 5.41) is 11.7. The molecule has 1 heterocycles. The minimum Gasteiger partial charge on any atom is -0.478 e. The Morgan fingerprint density at radius 2 is 1.95 bits per heavy atom. The largest absolute Gasteiger partial charge is 0.478 e. The lowest BCUT2D eigenvalue weighted by atomic mass is 9.98. The molecule has 1 unspecified atom stereocenters. The fraction of sp³-hybridized carbons (Fsp3) is 0.370. The molecule has 0 spiro atoms. The van der Waals surface area contributed by atoms with E-state index in [0.29, 0.717) is 23.2 Å². The van der Waals surface area contributed by atoms with Gasteiger partial charge in [-0.15, -0.1) is 0 Å². The van der Waals surface area contributed by atoms with Gasteiger partial charge in [0.15, 0.2) is 0 Å². The number of nitrogens with one attached hydrogen (secondary N) is 1. The Balaban J connectivity index is 1.92. The van der Waals surface area contributed by atoms with Crippen LogP contribution >= 0.6 is 12.6 Å². The first-order valence-electron chi connectivity index (χ1n) is 12.0. The van der Waals surface area contributed by atoms with Gasteiger partial charge in [0.25, 0.3) is 6.01 Å². The molecule has 0 aliphatic heterocycles. The number of imidazole rings is 1. The van der Waals surface area contributed by atoms with Crippen LogP contribution < -0.4 is 10.1 Å². The number of halogens is 2. The van der Waals surface area contributed by atoms with Crippen LogP contribution in [0, 0.1) is 11.7 Å². The smallest absolute Gasteiger partial charge is 0.336 e. The van der Waals surface area contributed by atoms with Crippen molar-refractivity contribution in [1.29, 1.82) is 0 Å². The normalized spacial score (nSPS) is 12.0. The van der Waals surface area contributed by atoms with E-state index in [0.717, 1.165) is 0 Å². The summed E-state index contributed by atoms with van der Waals surface area (Å²) in [6.07, 6.45) is 0.580.